The Morgan fingerprint density at radius 1 is 1.03 bits per heavy atom. The van der Waals surface area contributed by atoms with Crippen LogP contribution in [0.25, 0.3) is 6.08 Å². The van der Waals surface area contributed by atoms with Gasteiger partial charge in [-0.1, -0.05) is 30.3 Å². The minimum atomic E-state index is -0.770. The van der Waals surface area contributed by atoms with E-state index in [1.807, 2.05) is 0 Å². The van der Waals surface area contributed by atoms with Gasteiger partial charge in [-0.2, -0.15) is 5.10 Å². The van der Waals surface area contributed by atoms with E-state index in [0.717, 1.165) is 12.3 Å². The number of phenolic OH excluding ortho intramolecular Hbond substituents is 1. The molecular formula is C24H18N4O7. The van der Waals surface area contributed by atoms with Crippen LogP contribution in [0.5, 0.6) is 17.2 Å². The SMILES string of the molecule is O=C(N/N=C/c1cccc([N+](=O)[O-])c1O)/C(=C/c1ccc2c(c1)OCO2)NC(=O)c1ccccc1. The highest BCUT2D eigenvalue weighted by Crippen LogP contribution is 2.33. The number of carbonyl (C=O) groups is 2. The van der Waals surface area contributed by atoms with Crippen LogP contribution < -0.4 is 20.2 Å². The molecule has 176 valence electrons. The maximum Gasteiger partial charge on any atom is 0.311 e. The number of hydrazone groups is 1. The van der Waals surface area contributed by atoms with E-state index in [0.29, 0.717) is 22.6 Å². The van der Waals surface area contributed by atoms with Crippen LogP contribution in [0.2, 0.25) is 0 Å². The van der Waals surface area contributed by atoms with Crippen LogP contribution in [0.4, 0.5) is 5.69 Å². The number of benzene rings is 3. The van der Waals surface area contributed by atoms with Gasteiger partial charge in [-0.25, -0.2) is 5.43 Å². The zero-order chi connectivity index (χ0) is 24.8. The van der Waals surface area contributed by atoms with E-state index < -0.39 is 28.2 Å². The summed E-state index contributed by atoms with van der Waals surface area (Å²) in [4.78, 5) is 35.8. The number of rotatable bonds is 7. The Balaban J connectivity index is 1.57. The molecule has 0 saturated carbocycles. The average molecular weight is 474 g/mol. The van der Waals surface area contributed by atoms with Gasteiger partial charge in [0.25, 0.3) is 11.8 Å². The number of nitrogens with zero attached hydrogens (tertiary/aromatic N) is 2. The fraction of sp³-hybridized carbons (Fsp3) is 0.0417. The Bertz CT molecular complexity index is 1350. The summed E-state index contributed by atoms with van der Waals surface area (Å²) in [5.74, 6) is -0.833. The summed E-state index contributed by atoms with van der Waals surface area (Å²) in [7, 11) is 0. The van der Waals surface area contributed by atoms with Gasteiger partial charge in [0.1, 0.15) is 5.70 Å². The third-order valence-electron chi connectivity index (χ3n) is 4.85. The molecule has 3 aromatic carbocycles. The molecule has 3 aromatic rings. The number of nitro groups is 1. The minimum absolute atomic E-state index is 0.0223. The number of carbonyl (C=O) groups excluding carboxylic acids is 2. The van der Waals surface area contributed by atoms with E-state index in [9.17, 15) is 24.8 Å². The molecule has 2 amide bonds. The second-order valence-corrected chi connectivity index (χ2v) is 7.16. The summed E-state index contributed by atoms with van der Waals surface area (Å²) in [6.45, 7) is 0.0831. The lowest BCUT2D eigenvalue weighted by Gasteiger charge is -2.09. The van der Waals surface area contributed by atoms with Crippen molar-refractivity contribution in [3.05, 3.63) is 99.2 Å². The van der Waals surface area contributed by atoms with E-state index >= 15 is 0 Å². The van der Waals surface area contributed by atoms with E-state index in [-0.39, 0.29) is 18.1 Å². The highest BCUT2D eigenvalue weighted by molar-refractivity contribution is 6.05. The number of ether oxygens (including phenoxy) is 2. The molecule has 0 fully saturated rings. The minimum Gasteiger partial charge on any atom is -0.502 e. The molecule has 11 heteroatoms. The third kappa shape index (κ3) is 5.42. The lowest BCUT2D eigenvalue weighted by Crippen LogP contribution is -2.32. The van der Waals surface area contributed by atoms with Crippen molar-refractivity contribution in [2.75, 3.05) is 6.79 Å². The molecule has 0 atom stereocenters. The van der Waals surface area contributed by atoms with Crippen molar-refractivity contribution >= 4 is 29.8 Å². The molecule has 0 unspecified atom stereocenters. The molecule has 35 heavy (non-hydrogen) atoms. The standard InChI is InChI=1S/C24H18N4O7/c29-22-17(7-4-8-19(22)28(32)33)13-25-27-24(31)18(26-23(30)16-5-2-1-3-6-16)11-15-9-10-20-21(12-15)35-14-34-20/h1-13,29H,14H2,(H,26,30)(H,27,31)/b18-11-,25-13+. The third-order valence-corrected chi connectivity index (χ3v) is 4.85. The molecule has 3 N–H and O–H groups in total. The number of hydrogen-bond donors (Lipinski definition) is 3. The van der Waals surface area contributed by atoms with Crippen LogP contribution in [0.1, 0.15) is 21.5 Å². The number of nitrogens with one attached hydrogen (secondary N) is 2. The smallest absolute Gasteiger partial charge is 0.311 e. The molecule has 11 nitrogen and oxygen atoms in total. The summed E-state index contributed by atoms with van der Waals surface area (Å²) in [6, 6.07) is 17.2. The van der Waals surface area contributed by atoms with Gasteiger partial charge in [0.15, 0.2) is 11.5 Å². The van der Waals surface area contributed by atoms with Crippen LogP contribution in [0.15, 0.2) is 77.5 Å². The van der Waals surface area contributed by atoms with Gasteiger partial charge in [0.2, 0.25) is 12.5 Å². The van der Waals surface area contributed by atoms with E-state index in [1.165, 1.54) is 18.2 Å². The van der Waals surface area contributed by atoms with Crippen molar-refractivity contribution in [2.45, 2.75) is 0 Å². The molecule has 0 saturated heterocycles. The average Bonchev–Trinajstić information content (AvgIpc) is 3.33. The van der Waals surface area contributed by atoms with Gasteiger partial charge in [0, 0.05) is 17.2 Å². The van der Waals surface area contributed by atoms with Crippen LogP contribution in [0.3, 0.4) is 0 Å². The Hall–Kier alpha value is -5.19. The Kier molecular flexibility index (Phi) is 6.68. The molecule has 1 aliphatic rings. The van der Waals surface area contributed by atoms with Crippen molar-refractivity contribution < 1.29 is 29.1 Å². The highest BCUT2D eigenvalue weighted by atomic mass is 16.7. The largest absolute Gasteiger partial charge is 0.502 e. The van der Waals surface area contributed by atoms with Crippen molar-refractivity contribution in [1.29, 1.82) is 0 Å². The quantitative estimate of drug-likeness (QED) is 0.206. The number of hydrogen-bond acceptors (Lipinski definition) is 8. The van der Waals surface area contributed by atoms with Gasteiger partial charge in [-0.3, -0.25) is 19.7 Å². The number of nitro benzene ring substituents is 1. The number of aromatic hydroxyl groups is 1. The van der Waals surface area contributed by atoms with Crippen LogP contribution in [0, 0.1) is 10.1 Å². The lowest BCUT2D eigenvalue weighted by molar-refractivity contribution is -0.385. The van der Waals surface area contributed by atoms with Crippen LogP contribution in [-0.4, -0.2) is 34.9 Å². The van der Waals surface area contributed by atoms with Crippen molar-refractivity contribution in [3.63, 3.8) is 0 Å². The maximum absolute atomic E-state index is 12.9. The summed E-state index contributed by atoms with van der Waals surface area (Å²) in [5.41, 5.74) is 2.53. The predicted octanol–water partition coefficient (Wildman–Crippen LogP) is 2.95. The Labute approximate surface area is 198 Å². The normalized spacial score (nSPS) is 12.4. The molecule has 4 rings (SSSR count). The first kappa shape index (κ1) is 23.0. The van der Waals surface area contributed by atoms with E-state index in [1.54, 1.807) is 48.5 Å². The van der Waals surface area contributed by atoms with Crippen molar-refractivity contribution in [3.8, 4) is 17.2 Å². The second kappa shape index (κ2) is 10.2. The van der Waals surface area contributed by atoms with Crippen molar-refractivity contribution in [1.82, 2.24) is 10.7 Å². The molecule has 0 radical (unpaired) electrons. The maximum atomic E-state index is 12.9. The molecule has 0 bridgehead atoms. The van der Waals surface area contributed by atoms with Crippen LogP contribution in [-0.2, 0) is 4.79 Å². The fourth-order valence-electron chi connectivity index (χ4n) is 3.13. The summed E-state index contributed by atoms with van der Waals surface area (Å²) >= 11 is 0. The first-order chi connectivity index (χ1) is 16.9. The monoisotopic (exact) mass is 474 g/mol. The molecular weight excluding hydrogens is 456 g/mol. The van der Waals surface area contributed by atoms with E-state index in [4.69, 9.17) is 9.47 Å². The van der Waals surface area contributed by atoms with Gasteiger partial charge < -0.3 is 19.9 Å². The van der Waals surface area contributed by atoms with Gasteiger partial charge in [-0.15, -0.1) is 0 Å². The first-order valence-corrected chi connectivity index (χ1v) is 10.2. The van der Waals surface area contributed by atoms with Gasteiger partial charge >= 0.3 is 5.69 Å². The zero-order valence-corrected chi connectivity index (χ0v) is 18.0. The summed E-state index contributed by atoms with van der Waals surface area (Å²) in [6.07, 6.45) is 2.48. The van der Waals surface area contributed by atoms with Gasteiger partial charge in [0.05, 0.1) is 11.1 Å². The number of amides is 2. The molecule has 1 heterocycles. The van der Waals surface area contributed by atoms with Crippen molar-refractivity contribution in [2.24, 2.45) is 5.10 Å². The predicted molar refractivity (Wildman–Crippen MR) is 125 cm³/mol. The summed E-state index contributed by atoms with van der Waals surface area (Å²) < 4.78 is 10.6. The number of para-hydroxylation sites is 1. The fourth-order valence-corrected chi connectivity index (χ4v) is 3.13. The molecule has 0 aromatic heterocycles. The zero-order valence-electron chi connectivity index (χ0n) is 18.0. The second-order valence-electron chi connectivity index (χ2n) is 7.16. The highest BCUT2D eigenvalue weighted by Gasteiger charge is 2.18. The molecule has 0 aliphatic carbocycles. The lowest BCUT2D eigenvalue weighted by atomic mass is 10.1. The van der Waals surface area contributed by atoms with Gasteiger partial charge in [-0.05, 0) is 42.0 Å². The first-order valence-electron chi connectivity index (χ1n) is 10.2. The summed E-state index contributed by atoms with van der Waals surface area (Å²) in [5, 5.41) is 27.3. The Morgan fingerprint density at radius 2 is 1.80 bits per heavy atom. The number of fused-ring (bicyclic) bond motifs is 1. The molecule has 1 aliphatic heterocycles. The van der Waals surface area contributed by atoms with E-state index in [2.05, 4.69) is 15.8 Å². The van der Waals surface area contributed by atoms with Crippen LogP contribution >= 0.6 is 0 Å². The molecule has 0 spiro atoms. The Morgan fingerprint density at radius 3 is 2.57 bits per heavy atom. The number of phenols is 1. The topological polar surface area (TPSA) is 152 Å².